The smallest absolute Gasteiger partial charge is 0.321 e. The minimum atomic E-state index is -0.766. The number of benzene rings is 1. The topological polar surface area (TPSA) is 63.4 Å². The maximum absolute atomic E-state index is 11.4. The van der Waals surface area contributed by atoms with Gasteiger partial charge in [-0.2, -0.15) is 0 Å². The molecule has 85 valence electrons. The van der Waals surface area contributed by atoms with Crippen molar-refractivity contribution < 1.29 is 9.59 Å². The highest BCUT2D eigenvalue weighted by atomic mass is 35.5. The van der Waals surface area contributed by atoms with E-state index >= 15 is 0 Å². The number of nitrogens with two attached hydrogens (primary N) is 1. The molecule has 16 heavy (non-hydrogen) atoms. The van der Waals surface area contributed by atoms with E-state index in [9.17, 15) is 9.59 Å². The second kappa shape index (κ2) is 5.51. The summed E-state index contributed by atoms with van der Waals surface area (Å²) in [7, 11) is 1.34. The molecule has 0 aliphatic heterocycles. The van der Waals surface area contributed by atoms with Crippen LogP contribution in [0.5, 0.6) is 0 Å². The van der Waals surface area contributed by atoms with Gasteiger partial charge in [0.1, 0.15) is 0 Å². The zero-order valence-electron chi connectivity index (χ0n) is 8.81. The quantitative estimate of drug-likeness (QED) is 0.871. The van der Waals surface area contributed by atoms with Crippen molar-refractivity contribution in [1.82, 2.24) is 4.90 Å². The SMILES string of the molecule is CN(C(N)=O)C(=O)[CH]Cc1ccc(Cl)cc1. The molecular weight excluding hydrogens is 228 g/mol. The highest BCUT2D eigenvalue weighted by Gasteiger charge is 2.13. The standard InChI is InChI=1S/C11H12ClN2O2/c1-14(11(13)16)10(15)7-4-8-2-5-9(12)6-3-8/h2-3,5-7H,4H2,1H3,(H2,13,16). The monoisotopic (exact) mass is 239 g/mol. The Morgan fingerprint density at radius 2 is 1.94 bits per heavy atom. The van der Waals surface area contributed by atoms with Crippen molar-refractivity contribution in [3.8, 4) is 0 Å². The predicted octanol–water partition coefficient (Wildman–Crippen LogP) is 1.62. The summed E-state index contributed by atoms with van der Waals surface area (Å²) in [5.41, 5.74) is 5.89. The van der Waals surface area contributed by atoms with Gasteiger partial charge in [0, 0.05) is 12.1 Å². The minimum absolute atomic E-state index is 0.414. The van der Waals surface area contributed by atoms with Crippen LogP contribution < -0.4 is 5.73 Å². The van der Waals surface area contributed by atoms with Crippen molar-refractivity contribution >= 4 is 23.5 Å². The fraction of sp³-hybridized carbons (Fsp3) is 0.182. The van der Waals surface area contributed by atoms with E-state index in [0.29, 0.717) is 11.4 Å². The molecule has 5 heteroatoms. The first-order valence-electron chi connectivity index (χ1n) is 4.65. The van der Waals surface area contributed by atoms with Gasteiger partial charge in [0.15, 0.2) is 0 Å². The number of hydrogen-bond donors (Lipinski definition) is 1. The van der Waals surface area contributed by atoms with Crippen molar-refractivity contribution in [2.45, 2.75) is 6.42 Å². The van der Waals surface area contributed by atoms with E-state index in [1.54, 1.807) is 12.1 Å². The Bertz CT molecular complexity index is 389. The summed E-state index contributed by atoms with van der Waals surface area (Å²) in [6.07, 6.45) is 1.83. The summed E-state index contributed by atoms with van der Waals surface area (Å²) >= 11 is 5.72. The van der Waals surface area contributed by atoms with E-state index in [1.807, 2.05) is 12.1 Å². The van der Waals surface area contributed by atoms with Crippen molar-refractivity contribution in [1.29, 1.82) is 0 Å². The molecule has 4 nitrogen and oxygen atoms in total. The van der Waals surface area contributed by atoms with E-state index in [0.717, 1.165) is 10.5 Å². The summed E-state index contributed by atoms with van der Waals surface area (Å²) in [4.78, 5) is 22.9. The normalized spacial score (nSPS) is 9.88. The Hall–Kier alpha value is -1.55. The molecule has 0 saturated heterocycles. The van der Waals surface area contributed by atoms with Gasteiger partial charge in [-0.15, -0.1) is 0 Å². The van der Waals surface area contributed by atoms with E-state index in [-0.39, 0.29) is 0 Å². The van der Waals surface area contributed by atoms with Crippen LogP contribution in [0.2, 0.25) is 5.02 Å². The minimum Gasteiger partial charge on any atom is -0.351 e. The Labute approximate surface area is 99.0 Å². The second-order valence-corrected chi connectivity index (χ2v) is 3.71. The molecule has 0 aliphatic rings. The molecule has 1 radical (unpaired) electrons. The maximum Gasteiger partial charge on any atom is 0.321 e. The molecule has 0 aliphatic carbocycles. The number of nitrogens with zero attached hydrogens (tertiary/aromatic N) is 1. The lowest BCUT2D eigenvalue weighted by Crippen LogP contribution is -2.37. The molecule has 0 atom stereocenters. The van der Waals surface area contributed by atoms with E-state index < -0.39 is 11.9 Å². The summed E-state index contributed by atoms with van der Waals surface area (Å²) in [6, 6.07) is 6.35. The summed E-state index contributed by atoms with van der Waals surface area (Å²) in [6.45, 7) is 0. The molecule has 0 spiro atoms. The maximum atomic E-state index is 11.4. The molecular formula is C11H12ClN2O2. The van der Waals surface area contributed by atoms with Gasteiger partial charge in [0.2, 0.25) is 5.91 Å². The summed E-state index contributed by atoms with van der Waals surface area (Å²) in [5, 5.41) is 0.643. The van der Waals surface area contributed by atoms with Crippen LogP contribution in [0.4, 0.5) is 4.79 Å². The number of halogens is 1. The lowest BCUT2D eigenvalue weighted by molar-refractivity contribution is -0.123. The molecule has 0 unspecified atom stereocenters. The zero-order valence-corrected chi connectivity index (χ0v) is 9.57. The Kier molecular flexibility index (Phi) is 4.31. The zero-order chi connectivity index (χ0) is 12.1. The number of carbonyl (C=O) groups excluding carboxylic acids is 2. The van der Waals surface area contributed by atoms with Gasteiger partial charge in [-0.25, -0.2) is 4.79 Å². The molecule has 1 rings (SSSR count). The van der Waals surface area contributed by atoms with Crippen LogP contribution in [-0.4, -0.2) is 23.9 Å². The molecule has 0 bridgehead atoms. The third-order valence-electron chi connectivity index (χ3n) is 2.09. The first-order valence-corrected chi connectivity index (χ1v) is 5.03. The first-order chi connectivity index (χ1) is 7.50. The third kappa shape index (κ3) is 3.55. The van der Waals surface area contributed by atoms with Gasteiger partial charge in [-0.1, -0.05) is 23.7 Å². The molecule has 2 N–H and O–H groups in total. The molecule has 0 fully saturated rings. The Morgan fingerprint density at radius 1 is 1.38 bits per heavy atom. The number of carbonyl (C=O) groups is 2. The third-order valence-corrected chi connectivity index (χ3v) is 2.34. The van der Waals surface area contributed by atoms with Crippen LogP contribution in [0.1, 0.15) is 5.56 Å². The number of primary amides is 1. The van der Waals surface area contributed by atoms with E-state index in [4.69, 9.17) is 17.3 Å². The number of amides is 3. The highest BCUT2D eigenvalue weighted by Crippen LogP contribution is 2.10. The Balaban J connectivity index is 2.49. The second-order valence-electron chi connectivity index (χ2n) is 3.27. The molecule has 0 heterocycles. The Morgan fingerprint density at radius 3 is 2.44 bits per heavy atom. The predicted molar refractivity (Wildman–Crippen MR) is 61.8 cm³/mol. The number of hydrogen-bond acceptors (Lipinski definition) is 2. The van der Waals surface area contributed by atoms with Crippen LogP contribution in [0.25, 0.3) is 0 Å². The number of urea groups is 1. The van der Waals surface area contributed by atoms with E-state index in [2.05, 4.69) is 0 Å². The largest absolute Gasteiger partial charge is 0.351 e. The average Bonchev–Trinajstić information content (AvgIpc) is 2.26. The molecule has 1 aromatic rings. The summed E-state index contributed by atoms with van der Waals surface area (Å²) < 4.78 is 0. The van der Waals surface area contributed by atoms with E-state index in [1.165, 1.54) is 13.5 Å². The van der Waals surface area contributed by atoms with Crippen LogP contribution in [-0.2, 0) is 11.2 Å². The molecule has 0 aromatic heterocycles. The van der Waals surface area contributed by atoms with Gasteiger partial charge >= 0.3 is 6.03 Å². The highest BCUT2D eigenvalue weighted by molar-refractivity contribution is 6.30. The van der Waals surface area contributed by atoms with Gasteiger partial charge in [0.25, 0.3) is 0 Å². The summed E-state index contributed by atoms with van der Waals surface area (Å²) in [5.74, 6) is -0.414. The van der Waals surface area contributed by atoms with Gasteiger partial charge in [-0.05, 0) is 24.1 Å². The van der Waals surface area contributed by atoms with Crippen LogP contribution in [0, 0.1) is 6.42 Å². The number of imide groups is 1. The van der Waals surface area contributed by atoms with Gasteiger partial charge in [-0.3, -0.25) is 9.69 Å². The van der Waals surface area contributed by atoms with Crippen molar-refractivity contribution in [2.24, 2.45) is 5.73 Å². The number of rotatable bonds is 3. The van der Waals surface area contributed by atoms with Gasteiger partial charge < -0.3 is 5.73 Å². The van der Waals surface area contributed by atoms with Gasteiger partial charge in [0.05, 0.1) is 6.42 Å². The lowest BCUT2D eigenvalue weighted by Gasteiger charge is -2.11. The van der Waals surface area contributed by atoms with Crippen LogP contribution in [0.15, 0.2) is 24.3 Å². The fourth-order valence-corrected chi connectivity index (χ4v) is 1.20. The van der Waals surface area contributed by atoms with Crippen molar-refractivity contribution in [3.63, 3.8) is 0 Å². The fourth-order valence-electron chi connectivity index (χ4n) is 1.07. The van der Waals surface area contributed by atoms with Crippen molar-refractivity contribution in [3.05, 3.63) is 41.3 Å². The molecule has 3 amide bonds. The lowest BCUT2D eigenvalue weighted by atomic mass is 10.1. The average molecular weight is 240 g/mol. The molecule has 1 aromatic carbocycles. The molecule has 0 saturated carbocycles. The van der Waals surface area contributed by atoms with Crippen molar-refractivity contribution in [2.75, 3.05) is 7.05 Å². The first kappa shape index (κ1) is 12.5. The van der Waals surface area contributed by atoms with Crippen LogP contribution in [0.3, 0.4) is 0 Å². The van der Waals surface area contributed by atoms with Crippen LogP contribution >= 0.6 is 11.6 Å².